The van der Waals surface area contributed by atoms with E-state index in [1.165, 1.54) is 0 Å². The van der Waals surface area contributed by atoms with Crippen LogP contribution >= 0.6 is 23.2 Å². The van der Waals surface area contributed by atoms with E-state index in [0.717, 1.165) is 25.1 Å². The Labute approximate surface area is 134 Å². The predicted molar refractivity (Wildman–Crippen MR) is 84.0 cm³/mol. The number of carbonyl (C=O) groups is 1. The van der Waals surface area contributed by atoms with Crippen LogP contribution in [0.15, 0.2) is 12.3 Å². The number of nitrogens with zero attached hydrogens (tertiary/aromatic N) is 2. The molecule has 0 saturated carbocycles. The molecule has 1 aromatic heterocycles. The van der Waals surface area contributed by atoms with Crippen LogP contribution in [0.4, 0.5) is 10.5 Å². The minimum Gasteiger partial charge on any atom is -0.444 e. The van der Waals surface area contributed by atoms with Crippen molar-refractivity contribution in [1.82, 2.24) is 10.3 Å². The number of hydrogen-bond acceptors (Lipinski definition) is 4. The van der Waals surface area contributed by atoms with Crippen molar-refractivity contribution in [2.45, 2.75) is 45.4 Å². The highest BCUT2D eigenvalue weighted by Gasteiger charge is 2.28. The van der Waals surface area contributed by atoms with Gasteiger partial charge >= 0.3 is 6.09 Å². The number of nitrogens with one attached hydrogen (secondary N) is 1. The highest BCUT2D eigenvalue weighted by molar-refractivity contribution is 6.41. The maximum atomic E-state index is 11.9. The SMILES string of the molecule is CC(C)(C)OC(=O)NC1CCCN1c1cnc(Cl)c(Cl)c1. The van der Waals surface area contributed by atoms with Crippen LogP contribution < -0.4 is 10.2 Å². The molecule has 0 spiro atoms. The van der Waals surface area contributed by atoms with Gasteiger partial charge in [0.25, 0.3) is 0 Å². The van der Waals surface area contributed by atoms with Gasteiger partial charge in [0.15, 0.2) is 0 Å². The molecule has 2 rings (SSSR count). The van der Waals surface area contributed by atoms with E-state index in [-0.39, 0.29) is 11.3 Å². The molecule has 1 aliphatic rings. The van der Waals surface area contributed by atoms with Gasteiger partial charge in [0.05, 0.1) is 16.9 Å². The van der Waals surface area contributed by atoms with Gasteiger partial charge in [0.2, 0.25) is 0 Å². The number of halogens is 2. The molecule has 5 nitrogen and oxygen atoms in total. The lowest BCUT2D eigenvalue weighted by molar-refractivity contribution is 0.0506. The van der Waals surface area contributed by atoms with E-state index in [0.29, 0.717) is 5.02 Å². The number of hydrogen-bond donors (Lipinski definition) is 1. The number of ether oxygens (including phenoxy) is 1. The average molecular weight is 332 g/mol. The van der Waals surface area contributed by atoms with E-state index in [9.17, 15) is 4.79 Å². The fourth-order valence-corrected chi connectivity index (χ4v) is 2.50. The first-order valence-electron chi connectivity index (χ1n) is 6.83. The van der Waals surface area contributed by atoms with Crippen molar-refractivity contribution in [3.8, 4) is 0 Å². The van der Waals surface area contributed by atoms with Crippen LogP contribution in [0.1, 0.15) is 33.6 Å². The summed E-state index contributed by atoms with van der Waals surface area (Å²) < 4.78 is 5.29. The van der Waals surface area contributed by atoms with Crippen LogP contribution in [0.5, 0.6) is 0 Å². The zero-order valence-corrected chi connectivity index (χ0v) is 13.8. The third-order valence-electron chi connectivity index (χ3n) is 3.05. The highest BCUT2D eigenvalue weighted by atomic mass is 35.5. The second-order valence-corrected chi connectivity index (χ2v) is 6.73. The Morgan fingerprint density at radius 2 is 2.19 bits per heavy atom. The Hall–Kier alpha value is -1.20. The summed E-state index contributed by atoms with van der Waals surface area (Å²) in [6.07, 6.45) is 2.93. The first kappa shape index (κ1) is 16.2. The van der Waals surface area contributed by atoms with Gasteiger partial charge in [-0.2, -0.15) is 0 Å². The molecular weight excluding hydrogens is 313 g/mol. The molecule has 1 aromatic rings. The van der Waals surface area contributed by atoms with Gasteiger partial charge in [-0.1, -0.05) is 23.2 Å². The van der Waals surface area contributed by atoms with Gasteiger partial charge in [0.1, 0.15) is 16.9 Å². The Bertz CT molecular complexity index is 531. The van der Waals surface area contributed by atoms with E-state index in [1.807, 2.05) is 25.7 Å². The molecule has 1 atom stereocenters. The molecule has 21 heavy (non-hydrogen) atoms. The summed E-state index contributed by atoms with van der Waals surface area (Å²) in [6, 6.07) is 1.76. The van der Waals surface area contributed by atoms with Crippen molar-refractivity contribution in [1.29, 1.82) is 0 Å². The second-order valence-electron chi connectivity index (χ2n) is 5.96. The first-order chi connectivity index (χ1) is 9.76. The standard InChI is InChI=1S/C14H19Cl2N3O2/c1-14(2,3)21-13(20)18-11-5-4-6-19(11)9-7-10(15)12(16)17-8-9/h7-8,11H,4-6H2,1-3H3,(H,18,20). The minimum atomic E-state index is -0.515. The minimum absolute atomic E-state index is 0.126. The number of amides is 1. The summed E-state index contributed by atoms with van der Waals surface area (Å²) in [5.74, 6) is 0. The number of alkyl carbamates (subject to hydrolysis) is 1. The van der Waals surface area contributed by atoms with E-state index < -0.39 is 11.7 Å². The Kier molecular flexibility index (Phi) is 4.84. The topological polar surface area (TPSA) is 54.5 Å². The lowest BCUT2D eigenvalue weighted by Gasteiger charge is -2.28. The lowest BCUT2D eigenvalue weighted by atomic mass is 10.2. The molecule has 1 aliphatic heterocycles. The van der Waals surface area contributed by atoms with Crippen LogP contribution in [0.3, 0.4) is 0 Å². The number of pyridine rings is 1. The van der Waals surface area contributed by atoms with Crippen LogP contribution in [0.2, 0.25) is 10.2 Å². The fourth-order valence-electron chi connectivity index (χ4n) is 2.24. The van der Waals surface area contributed by atoms with Crippen LogP contribution in [0.25, 0.3) is 0 Å². The smallest absolute Gasteiger partial charge is 0.409 e. The molecule has 1 unspecified atom stereocenters. The second kappa shape index (κ2) is 6.28. The monoisotopic (exact) mass is 331 g/mol. The van der Waals surface area contributed by atoms with Gasteiger partial charge in [-0.3, -0.25) is 0 Å². The fraction of sp³-hybridized carbons (Fsp3) is 0.571. The van der Waals surface area contributed by atoms with Crippen molar-refractivity contribution >= 4 is 35.0 Å². The highest BCUT2D eigenvalue weighted by Crippen LogP contribution is 2.29. The molecule has 7 heteroatoms. The van der Waals surface area contributed by atoms with Gasteiger partial charge in [-0.25, -0.2) is 9.78 Å². The van der Waals surface area contributed by atoms with E-state index in [2.05, 4.69) is 10.3 Å². The molecule has 116 valence electrons. The zero-order valence-electron chi connectivity index (χ0n) is 12.3. The van der Waals surface area contributed by atoms with Crippen molar-refractivity contribution in [3.63, 3.8) is 0 Å². The Balaban J connectivity index is 2.06. The molecule has 1 amide bonds. The Morgan fingerprint density at radius 1 is 1.48 bits per heavy atom. The molecule has 1 N–H and O–H groups in total. The number of rotatable bonds is 2. The summed E-state index contributed by atoms with van der Waals surface area (Å²) in [7, 11) is 0. The number of carbonyl (C=O) groups excluding carboxylic acids is 1. The van der Waals surface area contributed by atoms with Gasteiger partial charge in [-0.05, 0) is 39.7 Å². The average Bonchev–Trinajstić information content (AvgIpc) is 2.78. The quantitative estimate of drug-likeness (QED) is 0.836. The Morgan fingerprint density at radius 3 is 2.81 bits per heavy atom. The molecule has 0 bridgehead atoms. The molecular formula is C14H19Cl2N3O2. The summed E-state index contributed by atoms with van der Waals surface area (Å²) in [5.41, 5.74) is 0.321. The molecule has 1 saturated heterocycles. The number of anilines is 1. The largest absolute Gasteiger partial charge is 0.444 e. The van der Waals surface area contributed by atoms with Gasteiger partial charge in [-0.15, -0.1) is 0 Å². The van der Waals surface area contributed by atoms with Crippen molar-refractivity contribution < 1.29 is 9.53 Å². The van der Waals surface area contributed by atoms with Crippen molar-refractivity contribution in [2.24, 2.45) is 0 Å². The third-order valence-corrected chi connectivity index (χ3v) is 3.74. The third kappa shape index (κ3) is 4.38. The molecule has 2 heterocycles. The van der Waals surface area contributed by atoms with E-state index in [1.54, 1.807) is 12.3 Å². The predicted octanol–water partition coefficient (Wildman–Crippen LogP) is 3.84. The van der Waals surface area contributed by atoms with E-state index in [4.69, 9.17) is 27.9 Å². The van der Waals surface area contributed by atoms with Gasteiger partial charge in [0, 0.05) is 6.54 Å². The first-order valence-corrected chi connectivity index (χ1v) is 7.59. The molecule has 1 fully saturated rings. The van der Waals surface area contributed by atoms with Crippen molar-refractivity contribution in [2.75, 3.05) is 11.4 Å². The zero-order chi connectivity index (χ0) is 15.6. The maximum Gasteiger partial charge on any atom is 0.409 e. The summed E-state index contributed by atoms with van der Waals surface area (Å²) >= 11 is 11.8. The lowest BCUT2D eigenvalue weighted by Crippen LogP contribution is -2.46. The molecule has 0 aliphatic carbocycles. The maximum absolute atomic E-state index is 11.9. The van der Waals surface area contributed by atoms with Crippen LogP contribution in [-0.4, -0.2) is 29.4 Å². The summed E-state index contributed by atoms with van der Waals surface area (Å²) in [4.78, 5) is 18.0. The molecule has 0 radical (unpaired) electrons. The number of aromatic nitrogens is 1. The van der Waals surface area contributed by atoms with E-state index >= 15 is 0 Å². The summed E-state index contributed by atoms with van der Waals surface area (Å²) in [5, 5.41) is 3.55. The van der Waals surface area contributed by atoms with Crippen LogP contribution in [0, 0.1) is 0 Å². The summed E-state index contributed by atoms with van der Waals surface area (Å²) in [6.45, 7) is 6.33. The normalized spacial score (nSPS) is 18.7. The van der Waals surface area contributed by atoms with Crippen LogP contribution in [-0.2, 0) is 4.74 Å². The van der Waals surface area contributed by atoms with Crippen molar-refractivity contribution in [3.05, 3.63) is 22.4 Å². The van der Waals surface area contributed by atoms with Gasteiger partial charge < -0.3 is 15.0 Å². The molecule has 0 aromatic carbocycles.